The summed E-state index contributed by atoms with van der Waals surface area (Å²) in [7, 11) is 0. The van der Waals surface area contributed by atoms with Gasteiger partial charge in [0, 0.05) is 10.0 Å². The molecule has 0 radical (unpaired) electrons. The summed E-state index contributed by atoms with van der Waals surface area (Å²) in [5.41, 5.74) is 1.92. The summed E-state index contributed by atoms with van der Waals surface area (Å²) in [5.74, 6) is 1.31. The molecule has 0 atom stereocenters. The van der Waals surface area contributed by atoms with Crippen LogP contribution in [0.15, 0.2) is 63.7 Å². The van der Waals surface area contributed by atoms with Gasteiger partial charge in [-0.15, -0.1) is 0 Å². The number of cyclic esters (lactones) is 1. The molecule has 2 aromatic rings. The van der Waals surface area contributed by atoms with Gasteiger partial charge >= 0.3 is 5.97 Å². The molecule has 3 rings (SSSR count). The molecule has 0 amide bonds. The summed E-state index contributed by atoms with van der Waals surface area (Å²) < 4.78 is 11.9. The number of hydrogen-bond acceptors (Lipinski definition) is 4. The molecule has 1 heterocycles. The van der Waals surface area contributed by atoms with Gasteiger partial charge in [0.15, 0.2) is 5.70 Å². The third kappa shape index (κ3) is 4.82. The lowest BCUT2D eigenvalue weighted by molar-refractivity contribution is -0.129. The summed E-state index contributed by atoms with van der Waals surface area (Å²) in [5, 5.41) is 0. The molecule has 1 aliphatic rings. The Hall–Kier alpha value is -2.40. The topological polar surface area (TPSA) is 47.9 Å². The lowest BCUT2D eigenvalue weighted by Crippen LogP contribution is -2.05. The lowest BCUT2D eigenvalue weighted by Gasteiger charge is -2.08. The van der Waals surface area contributed by atoms with Crippen LogP contribution in [0.4, 0.5) is 0 Å². The van der Waals surface area contributed by atoms with Gasteiger partial charge in [-0.05, 0) is 60.4 Å². The number of aliphatic imine (C=N–C) groups is 1. The van der Waals surface area contributed by atoms with E-state index >= 15 is 0 Å². The molecule has 0 N–H and O–H groups in total. The lowest BCUT2D eigenvalue weighted by atomic mass is 10.1. The quantitative estimate of drug-likeness (QED) is 0.481. The largest absolute Gasteiger partial charge is 0.494 e. The van der Waals surface area contributed by atoms with Crippen molar-refractivity contribution in [2.75, 3.05) is 6.61 Å². The van der Waals surface area contributed by atoms with Crippen LogP contribution in [0.25, 0.3) is 6.08 Å². The Morgan fingerprint density at radius 1 is 1.12 bits per heavy atom. The number of esters is 1. The maximum absolute atomic E-state index is 12.1. The maximum Gasteiger partial charge on any atom is 0.363 e. The van der Waals surface area contributed by atoms with E-state index < -0.39 is 5.97 Å². The third-order valence-electron chi connectivity index (χ3n) is 3.86. The average molecular weight is 414 g/mol. The Kier molecular flexibility index (Phi) is 5.89. The first-order valence-electron chi connectivity index (χ1n) is 8.52. The SMILES string of the molecule is CC(C)CCOc1ccc(/C=C2/N=C(c3ccc(Br)cc3)OC2=O)cc1. The van der Waals surface area contributed by atoms with Crippen LogP contribution in [0, 0.1) is 5.92 Å². The van der Waals surface area contributed by atoms with E-state index in [-0.39, 0.29) is 5.70 Å². The predicted molar refractivity (Wildman–Crippen MR) is 106 cm³/mol. The highest BCUT2D eigenvalue weighted by molar-refractivity contribution is 9.10. The molecule has 0 unspecified atom stereocenters. The van der Waals surface area contributed by atoms with E-state index in [4.69, 9.17) is 9.47 Å². The second-order valence-electron chi connectivity index (χ2n) is 6.44. The van der Waals surface area contributed by atoms with Crippen molar-refractivity contribution < 1.29 is 14.3 Å². The minimum Gasteiger partial charge on any atom is -0.494 e. The molecular formula is C21H20BrNO3. The van der Waals surface area contributed by atoms with E-state index in [0.29, 0.717) is 18.4 Å². The van der Waals surface area contributed by atoms with Gasteiger partial charge in [-0.2, -0.15) is 0 Å². The third-order valence-corrected chi connectivity index (χ3v) is 4.39. The molecule has 4 nitrogen and oxygen atoms in total. The zero-order valence-electron chi connectivity index (χ0n) is 14.7. The molecule has 5 heteroatoms. The van der Waals surface area contributed by atoms with Gasteiger partial charge in [-0.25, -0.2) is 9.79 Å². The highest BCUT2D eigenvalue weighted by Gasteiger charge is 2.24. The first-order valence-corrected chi connectivity index (χ1v) is 9.32. The van der Waals surface area contributed by atoms with Crippen LogP contribution < -0.4 is 4.74 Å². The zero-order chi connectivity index (χ0) is 18.5. The minimum absolute atomic E-state index is 0.288. The van der Waals surface area contributed by atoms with E-state index in [1.807, 2.05) is 48.5 Å². The van der Waals surface area contributed by atoms with Gasteiger partial charge in [-0.3, -0.25) is 0 Å². The number of carbonyl (C=O) groups excluding carboxylic acids is 1. The van der Waals surface area contributed by atoms with Crippen molar-refractivity contribution in [3.63, 3.8) is 0 Å². The van der Waals surface area contributed by atoms with Gasteiger partial charge in [-0.1, -0.05) is 41.9 Å². The fourth-order valence-corrected chi connectivity index (χ4v) is 2.62. The molecule has 26 heavy (non-hydrogen) atoms. The van der Waals surface area contributed by atoms with E-state index in [2.05, 4.69) is 34.8 Å². The Labute approximate surface area is 161 Å². The summed E-state index contributed by atoms with van der Waals surface area (Å²) in [4.78, 5) is 16.4. The molecule has 2 aromatic carbocycles. The standard InChI is InChI=1S/C21H20BrNO3/c1-14(2)11-12-25-18-9-3-15(4-10-18)13-19-21(24)26-20(23-19)16-5-7-17(22)8-6-16/h3-10,13-14H,11-12H2,1-2H3/b19-13+. The van der Waals surface area contributed by atoms with Crippen molar-refractivity contribution >= 4 is 33.9 Å². The fourth-order valence-electron chi connectivity index (χ4n) is 2.36. The van der Waals surface area contributed by atoms with Gasteiger partial charge in [0.2, 0.25) is 5.90 Å². The zero-order valence-corrected chi connectivity index (χ0v) is 16.3. The van der Waals surface area contributed by atoms with Crippen molar-refractivity contribution in [3.05, 3.63) is 69.8 Å². The number of ether oxygens (including phenoxy) is 2. The van der Waals surface area contributed by atoms with E-state index in [1.54, 1.807) is 6.08 Å². The van der Waals surface area contributed by atoms with Crippen LogP contribution in [-0.4, -0.2) is 18.5 Å². The molecule has 0 saturated heterocycles. The molecule has 1 aliphatic heterocycles. The molecule has 134 valence electrons. The van der Waals surface area contributed by atoms with Crippen molar-refractivity contribution in [2.24, 2.45) is 10.9 Å². The van der Waals surface area contributed by atoms with Crippen LogP contribution in [0.1, 0.15) is 31.4 Å². The number of nitrogens with zero attached hydrogens (tertiary/aromatic N) is 1. The van der Waals surface area contributed by atoms with Crippen LogP contribution >= 0.6 is 15.9 Å². The first-order chi connectivity index (χ1) is 12.5. The maximum atomic E-state index is 12.1. The van der Waals surface area contributed by atoms with Crippen LogP contribution in [0.5, 0.6) is 5.75 Å². The highest BCUT2D eigenvalue weighted by atomic mass is 79.9. The van der Waals surface area contributed by atoms with Crippen molar-refractivity contribution in [2.45, 2.75) is 20.3 Å². The second kappa shape index (κ2) is 8.32. The summed E-state index contributed by atoms with van der Waals surface area (Å²) in [6.45, 7) is 5.04. The molecule has 0 saturated carbocycles. The number of benzene rings is 2. The van der Waals surface area contributed by atoms with Crippen molar-refractivity contribution in [3.8, 4) is 5.75 Å². The summed E-state index contributed by atoms with van der Waals surface area (Å²) in [6, 6.07) is 15.1. The second-order valence-corrected chi connectivity index (χ2v) is 7.36. The Morgan fingerprint density at radius 2 is 1.81 bits per heavy atom. The van der Waals surface area contributed by atoms with Gasteiger partial charge < -0.3 is 9.47 Å². The molecule has 0 spiro atoms. The van der Waals surface area contributed by atoms with Gasteiger partial charge in [0.1, 0.15) is 5.75 Å². The van der Waals surface area contributed by atoms with Crippen LogP contribution in [-0.2, 0) is 9.53 Å². The summed E-state index contributed by atoms with van der Waals surface area (Å²) >= 11 is 3.38. The number of rotatable bonds is 6. The Morgan fingerprint density at radius 3 is 2.46 bits per heavy atom. The fraction of sp³-hybridized carbons (Fsp3) is 0.238. The number of carbonyl (C=O) groups is 1. The molecule has 0 bridgehead atoms. The molecule has 0 aliphatic carbocycles. The number of hydrogen-bond donors (Lipinski definition) is 0. The first kappa shape index (κ1) is 18.4. The molecule has 0 aromatic heterocycles. The van der Waals surface area contributed by atoms with Crippen LogP contribution in [0.2, 0.25) is 0 Å². The van der Waals surface area contributed by atoms with Gasteiger partial charge in [0.05, 0.1) is 6.61 Å². The van der Waals surface area contributed by atoms with Gasteiger partial charge in [0.25, 0.3) is 0 Å². The smallest absolute Gasteiger partial charge is 0.363 e. The Balaban J connectivity index is 1.70. The van der Waals surface area contributed by atoms with E-state index in [1.165, 1.54) is 0 Å². The predicted octanol–water partition coefficient (Wildman–Crippen LogP) is 5.22. The van der Waals surface area contributed by atoms with E-state index in [0.717, 1.165) is 27.8 Å². The number of halogens is 1. The normalized spacial score (nSPS) is 15.3. The highest BCUT2D eigenvalue weighted by Crippen LogP contribution is 2.21. The molecular weight excluding hydrogens is 394 g/mol. The monoisotopic (exact) mass is 413 g/mol. The average Bonchev–Trinajstić information content (AvgIpc) is 2.97. The van der Waals surface area contributed by atoms with E-state index in [9.17, 15) is 4.79 Å². The molecule has 0 fully saturated rings. The Bertz CT molecular complexity index is 837. The van der Waals surface area contributed by atoms with Crippen molar-refractivity contribution in [1.82, 2.24) is 0 Å². The minimum atomic E-state index is -0.444. The summed E-state index contributed by atoms with van der Waals surface area (Å²) in [6.07, 6.45) is 2.73. The van der Waals surface area contributed by atoms with Crippen molar-refractivity contribution in [1.29, 1.82) is 0 Å². The van der Waals surface area contributed by atoms with Crippen LogP contribution in [0.3, 0.4) is 0 Å².